The molecular formula is C18H23N3O2. The number of para-hydroxylation sites is 1. The van der Waals surface area contributed by atoms with Crippen LogP contribution in [0.5, 0.6) is 0 Å². The Morgan fingerprint density at radius 2 is 1.78 bits per heavy atom. The number of unbranched alkanes of at least 4 members (excludes halogenated alkanes) is 2. The van der Waals surface area contributed by atoms with Gasteiger partial charge in [0, 0.05) is 17.6 Å². The molecule has 1 N–H and O–H groups in total. The summed E-state index contributed by atoms with van der Waals surface area (Å²) in [5.41, 5.74) is 1.98. The fourth-order valence-electron chi connectivity index (χ4n) is 3.17. The van der Waals surface area contributed by atoms with Gasteiger partial charge in [0.1, 0.15) is 0 Å². The van der Waals surface area contributed by atoms with Crippen LogP contribution in [0.2, 0.25) is 0 Å². The summed E-state index contributed by atoms with van der Waals surface area (Å²) in [6.07, 6.45) is 4.83. The maximum Gasteiger partial charge on any atom is 0.337 e. The largest absolute Gasteiger partial charge is 0.337 e. The number of nitrogens with one attached hydrogen (secondary N) is 1. The third-order valence-electron chi connectivity index (χ3n) is 4.37. The lowest BCUT2D eigenvalue weighted by molar-refractivity contribution is 0.580. The first-order valence-electron chi connectivity index (χ1n) is 8.44. The van der Waals surface area contributed by atoms with Gasteiger partial charge in [0.05, 0.1) is 11.0 Å². The normalized spacial score (nSPS) is 11.6. The van der Waals surface area contributed by atoms with E-state index in [1.807, 2.05) is 24.3 Å². The standard InChI is InChI=1S/C18H23N3O2/c1-3-5-11-15-16-13-9-7-8-10-14(13)19-17(22)21(16)18(23)20(15)12-6-4-2/h7-10H,3-6,11-12H2,1-2H3,(H,19,22). The van der Waals surface area contributed by atoms with E-state index in [-0.39, 0.29) is 11.4 Å². The third kappa shape index (κ3) is 2.60. The Morgan fingerprint density at radius 3 is 2.52 bits per heavy atom. The Morgan fingerprint density at radius 1 is 1.04 bits per heavy atom. The summed E-state index contributed by atoms with van der Waals surface area (Å²) in [4.78, 5) is 28.0. The number of H-pyrrole nitrogens is 1. The molecule has 0 bridgehead atoms. The van der Waals surface area contributed by atoms with E-state index in [0.29, 0.717) is 6.54 Å². The first-order chi connectivity index (χ1) is 11.2. The van der Waals surface area contributed by atoms with Crippen molar-refractivity contribution >= 4 is 16.4 Å². The predicted molar refractivity (Wildman–Crippen MR) is 93.3 cm³/mol. The number of aromatic amines is 1. The molecule has 0 fully saturated rings. The zero-order chi connectivity index (χ0) is 16.4. The van der Waals surface area contributed by atoms with Crippen LogP contribution in [-0.4, -0.2) is 14.0 Å². The molecule has 0 atom stereocenters. The molecule has 0 saturated carbocycles. The number of rotatable bonds is 6. The fourth-order valence-corrected chi connectivity index (χ4v) is 3.17. The number of aromatic nitrogens is 3. The van der Waals surface area contributed by atoms with Gasteiger partial charge in [0.25, 0.3) is 0 Å². The van der Waals surface area contributed by atoms with Crippen molar-refractivity contribution in [1.82, 2.24) is 14.0 Å². The summed E-state index contributed by atoms with van der Waals surface area (Å²) in [5, 5.41) is 0.936. The molecular weight excluding hydrogens is 290 g/mol. The smallest absolute Gasteiger partial charge is 0.306 e. The van der Waals surface area contributed by atoms with E-state index in [0.717, 1.165) is 54.2 Å². The quantitative estimate of drug-likeness (QED) is 0.760. The van der Waals surface area contributed by atoms with Crippen molar-refractivity contribution in [2.45, 2.75) is 52.5 Å². The number of imidazole rings is 1. The summed E-state index contributed by atoms with van der Waals surface area (Å²) in [5.74, 6) is 0. The van der Waals surface area contributed by atoms with Crippen LogP contribution in [0.15, 0.2) is 33.9 Å². The van der Waals surface area contributed by atoms with E-state index in [2.05, 4.69) is 18.8 Å². The number of hydrogen-bond acceptors (Lipinski definition) is 2. The summed E-state index contributed by atoms with van der Waals surface area (Å²) in [6.45, 7) is 4.91. The van der Waals surface area contributed by atoms with E-state index in [1.54, 1.807) is 4.57 Å². The van der Waals surface area contributed by atoms with Crippen LogP contribution < -0.4 is 11.4 Å². The maximum absolute atomic E-state index is 12.8. The molecule has 2 aromatic heterocycles. The van der Waals surface area contributed by atoms with E-state index < -0.39 is 0 Å². The molecule has 5 nitrogen and oxygen atoms in total. The molecule has 5 heteroatoms. The number of nitrogens with zero attached hydrogens (tertiary/aromatic N) is 2. The van der Waals surface area contributed by atoms with Gasteiger partial charge in [-0.15, -0.1) is 0 Å². The minimum atomic E-state index is -0.350. The molecule has 122 valence electrons. The molecule has 0 aliphatic carbocycles. The van der Waals surface area contributed by atoms with E-state index in [1.165, 1.54) is 4.40 Å². The molecule has 3 rings (SSSR count). The highest BCUT2D eigenvalue weighted by Gasteiger charge is 2.18. The van der Waals surface area contributed by atoms with Gasteiger partial charge in [0.2, 0.25) is 0 Å². The third-order valence-corrected chi connectivity index (χ3v) is 4.37. The van der Waals surface area contributed by atoms with E-state index in [4.69, 9.17) is 0 Å². The Balaban J connectivity index is 2.40. The Kier molecular flexibility index (Phi) is 4.37. The predicted octanol–water partition coefficient (Wildman–Crippen LogP) is 3.09. The summed E-state index contributed by atoms with van der Waals surface area (Å²) in [7, 11) is 0. The highest BCUT2D eigenvalue weighted by atomic mass is 16.2. The second kappa shape index (κ2) is 6.44. The summed E-state index contributed by atoms with van der Waals surface area (Å²) in [6, 6.07) is 7.69. The average Bonchev–Trinajstić information content (AvgIpc) is 2.84. The van der Waals surface area contributed by atoms with Gasteiger partial charge in [0.15, 0.2) is 0 Å². The van der Waals surface area contributed by atoms with Crippen LogP contribution in [0.4, 0.5) is 0 Å². The second-order valence-electron chi connectivity index (χ2n) is 6.00. The molecule has 0 radical (unpaired) electrons. The van der Waals surface area contributed by atoms with Crippen molar-refractivity contribution in [3.05, 3.63) is 50.9 Å². The fraction of sp³-hybridized carbons (Fsp3) is 0.444. The van der Waals surface area contributed by atoms with Crippen LogP contribution in [0.1, 0.15) is 45.2 Å². The van der Waals surface area contributed by atoms with Gasteiger partial charge >= 0.3 is 11.4 Å². The number of benzene rings is 1. The van der Waals surface area contributed by atoms with Crippen LogP contribution in [0.3, 0.4) is 0 Å². The molecule has 0 amide bonds. The molecule has 0 saturated heterocycles. The topological polar surface area (TPSA) is 59.3 Å². The molecule has 0 unspecified atom stereocenters. The lowest BCUT2D eigenvalue weighted by Crippen LogP contribution is -2.30. The van der Waals surface area contributed by atoms with Gasteiger partial charge in [-0.3, -0.25) is 4.57 Å². The Labute approximate surface area is 134 Å². The summed E-state index contributed by atoms with van der Waals surface area (Å²) >= 11 is 0. The maximum atomic E-state index is 12.8. The summed E-state index contributed by atoms with van der Waals surface area (Å²) < 4.78 is 3.11. The average molecular weight is 313 g/mol. The monoisotopic (exact) mass is 313 g/mol. The zero-order valence-electron chi connectivity index (χ0n) is 13.8. The molecule has 23 heavy (non-hydrogen) atoms. The minimum Gasteiger partial charge on any atom is -0.306 e. The second-order valence-corrected chi connectivity index (χ2v) is 6.00. The van der Waals surface area contributed by atoms with Gasteiger partial charge in [-0.05, 0) is 25.3 Å². The van der Waals surface area contributed by atoms with Crippen LogP contribution >= 0.6 is 0 Å². The highest BCUT2D eigenvalue weighted by Crippen LogP contribution is 2.21. The Bertz CT molecular complexity index is 946. The number of hydrogen-bond donors (Lipinski definition) is 1. The number of fused-ring (bicyclic) bond motifs is 3. The van der Waals surface area contributed by atoms with Gasteiger partial charge in [-0.2, -0.15) is 0 Å². The number of aryl methyl sites for hydroxylation is 1. The van der Waals surface area contributed by atoms with Gasteiger partial charge < -0.3 is 4.98 Å². The van der Waals surface area contributed by atoms with Crippen LogP contribution in [-0.2, 0) is 13.0 Å². The lowest BCUT2D eigenvalue weighted by Gasteiger charge is -2.07. The zero-order valence-corrected chi connectivity index (χ0v) is 13.8. The van der Waals surface area contributed by atoms with Gasteiger partial charge in [-0.1, -0.05) is 44.9 Å². The first-order valence-corrected chi connectivity index (χ1v) is 8.44. The van der Waals surface area contributed by atoms with Crippen molar-refractivity contribution in [3.63, 3.8) is 0 Å². The molecule has 1 aromatic carbocycles. The van der Waals surface area contributed by atoms with Crippen molar-refractivity contribution in [1.29, 1.82) is 0 Å². The molecule has 3 aromatic rings. The molecule has 2 heterocycles. The molecule has 0 aliphatic rings. The Hall–Kier alpha value is -2.30. The van der Waals surface area contributed by atoms with E-state index in [9.17, 15) is 9.59 Å². The lowest BCUT2D eigenvalue weighted by atomic mass is 10.1. The minimum absolute atomic E-state index is 0.216. The van der Waals surface area contributed by atoms with Gasteiger partial charge in [-0.25, -0.2) is 14.0 Å². The molecule has 0 spiro atoms. The van der Waals surface area contributed by atoms with Crippen molar-refractivity contribution < 1.29 is 0 Å². The highest BCUT2D eigenvalue weighted by molar-refractivity contribution is 5.94. The SMILES string of the molecule is CCCCc1c2c3ccccc3[nH]c(=O)n2c(=O)n1CCCC. The van der Waals surface area contributed by atoms with E-state index >= 15 is 0 Å². The van der Waals surface area contributed by atoms with Crippen LogP contribution in [0.25, 0.3) is 16.4 Å². The van der Waals surface area contributed by atoms with Crippen molar-refractivity contribution in [3.8, 4) is 0 Å². The van der Waals surface area contributed by atoms with Crippen molar-refractivity contribution in [2.75, 3.05) is 0 Å². The van der Waals surface area contributed by atoms with Crippen molar-refractivity contribution in [2.24, 2.45) is 0 Å². The first kappa shape index (κ1) is 15.6. The van der Waals surface area contributed by atoms with Crippen LogP contribution in [0, 0.1) is 0 Å². The molecule has 0 aliphatic heterocycles.